The Balaban J connectivity index is 2.19. The number of hydrogen-bond acceptors (Lipinski definition) is 5. The third-order valence-corrected chi connectivity index (χ3v) is 3.73. The highest BCUT2D eigenvalue weighted by molar-refractivity contribution is 5.92. The molecule has 0 atom stereocenters. The largest absolute Gasteiger partial charge is 0.497 e. The van der Waals surface area contributed by atoms with Crippen molar-refractivity contribution in [2.24, 2.45) is 0 Å². The van der Waals surface area contributed by atoms with Crippen molar-refractivity contribution in [2.75, 3.05) is 19.5 Å². The van der Waals surface area contributed by atoms with Crippen LogP contribution in [0.2, 0.25) is 0 Å². The van der Waals surface area contributed by atoms with Crippen molar-refractivity contribution in [3.8, 4) is 22.8 Å². The molecule has 0 radical (unpaired) electrons. The van der Waals surface area contributed by atoms with Gasteiger partial charge in [-0.05, 0) is 42.5 Å². The molecule has 2 aromatic carbocycles. The molecule has 0 aliphatic rings. The highest BCUT2D eigenvalue weighted by atomic mass is 16.5. The first-order valence-electron chi connectivity index (χ1n) is 7.60. The standard InChI is InChI=1S/C19H17NO5/c1-11(21)20-13-6-9-16-15(10-13)17(22)19(24-3)18(25-16)12-4-7-14(23-2)8-5-12/h4-10H,1-3H3,(H,20,21). The quantitative estimate of drug-likeness (QED) is 0.788. The van der Waals surface area contributed by atoms with Gasteiger partial charge < -0.3 is 19.2 Å². The van der Waals surface area contributed by atoms with E-state index in [2.05, 4.69) is 5.32 Å². The first kappa shape index (κ1) is 16.6. The van der Waals surface area contributed by atoms with Crippen LogP contribution >= 0.6 is 0 Å². The van der Waals surface area contributed by atoms with Gasteiger partial charge in [0, 0.05) is 18.2 Å². The van der Waals surface area contributed by atoms with E-state index in [-0.39, 0.29) is 17.1 Å². The van der Waals surface area contributed by atoms with Gasteiger partial charge in [-0.2, -0.15) is 0 Å². The van der Waals surface area contributed by atoms with Gasteiger partial charge in [0.2, 0.25) is 17.1 Å². The van der Waals surface area contributed by atoms with Crippen molar-refractivity contribution in [2.45, 2.75) is 6.92 Å². The molecule has 1 heterocycles. The van der Waals surface area contributed by atoms with Crippen LogP contribution in [0.5, 0.6) is 11.5 Å². The highest BCUT2D eigenvalue weighted by Crippen LogP contribution is 2.32. The molecule has 25 heavy (non-hydrogen) atoms. The Morgan fingerprint density at radius 2 is 1.76 bits per heavy atom. The molecule has 0 bridgehead atoms. The predicted octanol–water partition coefficient (Wildman–Crippen LogP) is 3.44. The summed E-state index contributed by atoms with van der Waals surface area (Å²) in [6, 6.07) is 12.0. The van der Waals surface area contributed by atoms with Crippen LogP contribution in [0.1, 0.15) is 6.92 Å². The minimum Gasteiger partial charge on any atom is -0.497 e. The number of carbonyl (C=O) groups excluding carboxylic acids is 1. The Kier molecular flexibility index (Phi) is 4.43. The number of rotatable bonds is 4. The molecular weight excluding hydrogens is 322 g/mol. The van der Waals surface area contributed by atoms with Crippen LogP contribution in [-0.2, 0) is 4.79 Å². The minimum absolute atomic E-state index is 0.109. The molecule has 0 aliphatic heterocycles. The number of benzene rings is 2. The number of fused-ring (bicyclic) bond motifs is 1. The number of carbonyl (C=O) groups is 1. The number of hydrogen-bond donors (Lipinski definition) is 1. The van der Waals surface area contributed by atoms with Crippen molar-refractivity contribution >= 4 is 22.6 Å². The van der Waals surface area contributed by atoms with Gasteiger partial charge in [-0.25, -0.2) is 0 Å². The lowest BCUT2D eigenvalue weighted by molar-refractivity contribution is -0.114. The van der Waals surface area contributed by atoms with E-state index in [1.54, 1.807) is 49.6 Å². The molecule has 0 unspecified atom stereocenters. The summed E-state index contributed by atoms with van der Waals surface area (Å²) in [6.07, 6.45) is 0. The van der Waals surface area contributed by atoms with Gasteiger partial charge in [-0.15, -0.1) is 0 Å². The second kappa shape index (κ2) is 6.68. The van der Waals surface area contributed by atoms with Crippen LogP contribution < -0.4 is 20.2 Å². The zero-order valence-corrected chi connectivity index (χ0v) is 14.1. The SMILES string of the molecule is COc1ccc(-c2oc3ccc(NC(C)=O)cc3c(=O)c2OC)cc1. The molecule has 3 rings (SSSR count). The maximum absolute atomic E-state index is 12.8. The fourth-order valence-electron chi connectivity index (χ4n) is 2.58. The first-order valence-corrected chi connectivity index (χ1v) is 7.60. The number of anilines is 1. The van der Waals surface area contributed by atoms with Crippen LogP contribution in [0.4, 0.5) is 5.69 Å². The average Bonchev–Trinajstić information content (AvgIpc) is 2.61. The second-order valence-corrected chi connectivity index (χ2v) is 5.41. The molecule has 128 valence electrons. The van der Waals surface area contributed by atoms with E-state index in [4.69, 9.17) is 13.9 Å². The molecule has 0 spiro atoms. The summed E-state index contributed by atoms with van der Waals surface area (Å²) in [5.74, 6) is 0.934. The van der Waals surface area contributed by atoms with Crippen molar-refractivity contribution in [3.05, 3.63) is 52.7 Å². The summed E-state index contributed by atoms with van der Waals surface area (Å²) >= 11 is 0. The van der Waals surface area contributed by atoms with Crippen molar-refractivity contribution in [1.29, 1.82) is 0 Å². The molecule has 1 amide bonds. The zero-order valence-electron chi connectivity index (χ0n) is 14.1. The van der Waals surface area contributed by atoms with Crippen LogP contribution in [0.15, 0.2) is 51.7 Å². The van der Waals surface area contributed by atoms with Crippen molar-refractivity contribution < 1.29 is 18.7 Å². The Bertz CT molecular complexity index is 989. The van der Waals surface area contributed by atoms with E-state index >= 15 is 0 Å². The zero-order chi connectivity index (χ0) is 18.0. The minimum atomic E-state index is -0.304. The fraction of sp³-hybridized carbons (Fsp3) is 0.158. The number of ether oxygens (including phenoxy) is 2. The Morgan fingerprint density at radius 1 is 1.04 bits per heavy atom. The molecule has 0 saturated carbocycles. The molecule has 1 N–H and O–H groups in total. The second-order valence-electron chi connectivity index (χ2n) is 5.41. The van der Waals surface area contributed by atoms with Gasteiger partial charge in [0.25, 0.3) is 0 Å². The van der Waals surface area contributed by atoms with Gasteiger partial charge in [0.15, 0.2) is 5.76 Å². The van der Waals surface area contributed by atoms with E-state index in [1.807, 2.05) is 0 Å². The van der Waals surface area contributed by atoms with E-state index < -0.39 is 0 Å². The van der Waals surface area contributed by atoms with E-state index in [9.17, 15) is 9.59 Å². The van der Waals surface area contributed by atoms with Gasteiger partial charge in [0.1, 0.15) is 11.3 Å². The fourth-order valence-corrected chi connectivity index (χ4v) is 2.58. The van der Waals surface area contributed by atoms with Crippen LogP contribution in [0.25, 0.3) is 22.3 Å². The molecule has 0 saturated heterocycles. The topological polar surface area (TPSA) is 77.8 Å². The maximum Gasteiger partial charge on any atom is 0.235 e. The Labute approximate surface area is 144 Å². The van der Waals surface area contributed by atoms with Gasteiger partial charge in [-0.3, -0.25) is 9.59 Å². The maximum atomic E-state index is 12.8. The van der Waals surface area contributed by atoms with Crippen molar-refractivity contribution in [3.63, 3.8) is 0 Å². The molecular formula is C19H17NO5. The summed E-state index contributed by atoms with van der Waals surface area (Å²) in [5.41, 5.74) is 1.32. The first-order chi connectivity index (χ1) is 12.0. The molecule has 6 heteroatoms. The summed E-state index contributed by atoms with van der Waals surface area (Å²) in [6.45, 7) is 1.40. The Hall–Kier alpha value is -3.28. The van der Waals surface area contributed by atoms with Gasteiger partial charge >= 0.3 is 0 Å². The lowest BCUT2D eigenvalue weighted by Gasteiger charge is -2.10. The number of nitrogens with one attached hydrogen (secondary N) is 1. The smallest absolute Gasteiger partial charge is 0.235 e. The van der Waals surface area contributed by atoms with E-state index in [1.165, 1.54) is 14.0 Å². The summed E-state index contributed by atoms with van der Waals surface area (Å²) < 4.78 is 16.3. The summed E-state index contributed by atoms with van der Waals surface area (Å²) in [7, 11) is 3.00. The molecule has 0 fully saturated rings. The van der Waals surface area contributed by atoms with Crippen LogP contribution in [-0.4, -0.2) is 20.1 Å². The van der Waals surface area contributed by atoms with Crippen molar-refractivity contribution in [1.82, 2.24) is 0 Å². The summed E-state index contributed by atoms with van der Waals surface area (Å²) in [5, 5.41) is 2.98. The van der Waals surface area contributed by atoms with Crippen LogP contribution in [0.3, 0.4) is 0 Å². The lowest BCUT2D eigenvalue weighted by Crippen LogP contribution is -2.09. The third-order valence-electron chi connectivity index (χ3n) is 3.73. The lowest BCUT2D eigenvalue weighted by atomic mass is 10.1. The van der Waals surface area contributed by atoms with E-state index in [0.29, 0.717) is 33.7 Å². The monoisotopic (exact) mass is 339 g/mol. The van der Waals surface area contributed by atoms with Gasteiger partial charge in [-0.1, -0.05) is 0 Å². The average molecular weight is 339 g/mol. The van der Waals surface area contributed by atoms with E-state index in [0.717, 1.165) is 0 Å². The summed E-state index contributed by atoms with van der Waals surface area (Å²) in [4.78, 5) is 24.0. The normalized spacial score (nSPS) is 10.5. The van der Waals surface area contributed by atoms with Crippen LogP contribution in [0, 0.1) is 0 Å². The molecule has 0 aliphatic carbocycles. The number of methoxy groups -OCH3 is 2. The molecule has 6 nitrogen and oxygen atoms in total. The molecule has 1 aromatic heterocycles. The predicted molar refractivity (Wildman–Crippen MR) is 95.3 cm³/mol. The number of amides is 1. The van der Waals surface area contributed by atoms with Gasteiger partial charge in [0.05, 0.1) is 19.6 Å². The highest BCUT2D eigenvalue weighted by Gasteiger charge is 2.17. The Morgan fingerprint density at radius 3 is 2.36 bits per heavy atom. The third kappa shape index (κ3) is 3.19. The molecule has 3 aromatic rings.